The Hall–Kier alpha value is -2.55. The van der Waals surface area contributed by atoms with Crippen LogP contribution in [0.4, 0.5) is 0 Å². The van der Waals surface area contributed by atoms with E-state index in [-0.39, 0.29) is 0 Å². The van der Waals surface area contributed by atoms with Crippen molar-refractivity contribution in [1.29, 1.82) is 0 Å². The number of ether oxygens (including phenoxy) is 2. The molecule has 22 heavy (non-hydrogen) atoms. The van der Waals surface area contributed by atoms with E-state index in [4.69, 9.17) is 9.47 Å². The van der Waals surface area contributed by atoms with E-state index in [2.05, 4.69) is 29.6 Å². The fraction of sp³-hybridized carbons (Fsp3) is 0.158. The minimum Gasteiger partial charge on any atom is -0.493 e. The van der Waals surface area contributed by atoms with Crippen LogP contribution in [0.25, 0.3) is 10.8 Å². The van der Waals surface area contributed by atoms with E-state index in [0.717, 1.165) is 17.6 Å². The maximum atomic E-state index is 5.87. The molecular formula is C19H18NO2. The second-order valence-electron chi connectivity index (χ2n) is 4.88. The van der Waals surface area contributed by atoms with Crippen molar-refractivity contribution in [3.8, 4) is 11.6 Å². The minimum atomic E-state index is 0.538. The summed E-state index contributed by atoms with van der Waals surface area (Å²) < 4.78 is 11.4. The molecule has 3 nitrogen and oxygen atoms in total. The summed E-state index contributed by atoms with van der Waals surface area (Å²) in [7, 11) is 0. The Kier molecular flexibility index (Phi) is 4.88. The molecule has 0 spiro atoms. The third-order valence-corrected chi connectivity index (χ3v) is 3.32. The molecule has 0 saturated heterocycles. The van der Waals surface area contributed by atoms with Crippen LogP contribution in [0.15, 0.2) is 66.9 Å². The molecule has 0 bridgehead atoms. The summed E-state index contributed by atoms with van der Waals surface area (Å²) in [5.74, 6) is 1.57. The smallest absolute Gasteiger partial charge is 0.213 e. The Balaban J connectivity index is 1.43. The molecule has 0 aliphatic carbocycles. The maximum Gasteiger partial charge on any atom is 0.213 e. The highest BCUT2D eigenvalue weighted by Gasteiger charge is 2.01. The van der Waals surface area contributed by atoms with Crippen molar-refractivity contribution in [3.63, 3.8) is 0 Å². The molecule has 1 aromatic heterocycles. The molecule has 0 unspecified atom stereocenters. The van der Waals surface area contributed by atoms with Crippen LogP contribution in [0.2, 0.25) is 0 Å². The van der Waals surface area contributed by atoms with Crippen molar-refractivity contribution in [2.75, 3.05) is 13.2 Å². The lowest BCUT2D eigenvalue weighted by molar-refractivity contribution is 0.297. The van der Waals surface area contributed by atoms with Gasteiger partial charge in [0.15, 0.2) is 0 Å². The number of rotatable bonds is 7. The molecule has 3 aromatic rings. The van der Waals surface area contributed by atoms with Crippen LogP contribution in [0.3, 0.4) is 0 Å². The number of hydrogen-bond acceptors (Lipinski definition) is 3. The number of fused-ring (bicyclic) bond motifs is 1. The average Bonchev–Trinajstić information content (AvgIpc) is 2.59. The highest BCUT2D eigenvalue weighted by Crippen LogP contribution is 2.25. The zero-order valence-corrected chi connectivity index (χ0v) is 12.3. The molecule has 1 heterocycles. The monoisotopic (exact) mass is 292 g/mol. The summed E-state index contributed by atoms with van der Waals surface area (Å²) in [6.07, 6.45) is 4.61. The van der Waals surface area contributed by atoms with Crippen LogP contribution in [-0.4, -0.2) is 18.2 Å². The summed E-state index contributed by atoms with van der Waals surface area (Å²) >= 11 is 0. The summed E-state index contributed by atoms with van der Waals surface area (Å²) in [5, 5.41) is 2.34. The number of hydrogen-bond donors (Lipinski definition) is 0. The van der Waals surface area contributed by atoms with Crippen LogP contribution >= 0.6 is 0 Å². The molecule has 0 aliphatic heterocycles. The van der Waals surface area contributed by atoms with E-state index in [1.807, 2.05) is 42.5 Å². The molecule has 1 radical (unpaired) electrons. The van der Waals surface area contributed by atoms with E-state index in [1.54, 1.807) is 6.20 Å². The molecular weight excluding hydrogens is 274 g/mol. The number of pyridine rings is 1. The van der Waals surface area contributed by atoms with E-state index in [9.17, 15) is 0 Å². The first-order chi connectivity index (χ1) is 10.9. The van der Waals surface area contributed by atoms with Crippen molar-refractivity contribution in [1.82, 2.24) is 4.98 Å². The fourth-order valence-corrected chi connectivity index (χ4v) is 2.23. The van der Waals surface area contributed by atoms with Gasteiger partial charge >= 0.3 is 0 Å². The summed E-state index contributed by atoms with van der Waals surface area (Å²) in [6.45, 7) is 1.18. The molecule has 0 atom stereocenters. The predicted octanol–water partition coefficient (Wildman–Crippen LogP) is 4.29. The molecule has 3 rings (SSSR count). The van der Waals surface area contributed by atoms with Gasteiger partial charge in [0.25, 0.3) is 0 Å². The van der Waals surface area contributed by atoms with Crippen LogP contribution in [-0.2, 0) is 0 Å². The van der Waals surface area contributed by atoms with Gasteiger partial charge in [0.2, 0.25) is 5.88 Å². The lowest BCUT2D eigenvalue weighted by Crippen LogP contribution is -2.04. The SMILES string of the molecule is [CH](CCOc1cccc2ccccc12)COc1ccccn1. The number of unbranched alkanes of at least 4 members (excludes halogenated alkanes) is 1. The number of aromatic nitrogens is 1. The van der Waals surface area contributed by atoms with Gasteiger partial charge in [0, 0.05) is 24.1 Å². The summed E-state index contributed by atoms with van der Waals surface area (Å²) in [4.78, 5) is 4.10. The zero-order chi connectivity index (χ0) is 15.0. The van der Waals surface area contributed by atoms with Gasteiger partial charge in [-0.05, 0) is 23.9 Å². The van der Waals surface area contributed by atoms with Crippen molar-refractivity contribution in [2.45, 2.75) is 6.42 Å². The number of nitrogens with zero attached hydrogens (tertiary/aromatic N) is 1. The quantitative estimate of drug-likeness (QED) is 0.609. The van der Waals surface area contributed by atoms with E-state index < -0.39 is 0 Å². The molecule has 0 amide bonds. The van der Waals surface area contributed by atoms with Gasteiger partial charge in [-0.3, -0.25) is 0 Å². The first kappa shape index (κ1) is 14.4. The Morgan fingerprint density at radius 1 is 0.864 bits per heavy atom. The predicted molar refractivity (Wildman–Crippen MR) is 88.1 cm³/mol. The Morgan fingerprint density at radius 3 is 2.64 bits per heavy atom. The van der Waals surface area contributed by atoms with Gasteiger partial charge in [-0.1, -0.05) is 42.5 Å². The lowest BCUT2D eigenvalue weighted by atomic mass is 10.1. The van der Waals surface area contributed by atoms with Gasteiger partial charge in [-0.25, -0.2) is 4.98 Å². The molecule has 0 aliphatic rings. The highest BCUT2D eigenvalue weighted by molar-refractivity contribution is 5.88. The van der Waals surface area contributed by atoms with Gasteiger partial charge in [-0.2, -0.15) is 0 Å². The van der Waals surface area contributed by atoms with Crippen molar-refractivity contribution >= 4 is 10.8 Å². The lowest BCUT2D eigenvalue weighted by Gasteiger charge is -2.09. The fourth-order valence-electron chi connectivity index (χ4n) is 2.23. The summed E-state index contributed by atoms with van der Waals surface area (Å²) in [6, 6.07) is 20.0. The largest absolute Gasteiger partial charge is 0.493 e. The zero-order valence-electron chi connectivity index (χ0n) is 12.3. The van der Waals surface area contributed by atoms with E-state index in [0.29, 0.717) is 19.1 Å². The maximum absolute atomic E-state index is 5.87. The van der Waals surface area contributed by atoms with Crippen molar-refractivity contribution in [3.05, 3.63) is 73.3 Å². The van der Waals surface area contributed by atoms with E-state index in [1.165, 1.54) is 5.39 Å². The van der Waals surface area contributed by atoms with Gasteiger partial charge in [-0.15, -0.1) is 0 Å². The highest BCUT2D eigenvalue weighted by atomic mass is 16.5. The molecule has 0 saturated carbocycles. The Bertz CT molecular complexity index is 707. The van der Waals surface area contributed by atoms with Crippen LogP contribution < -0.4 is 9.47 Å². The first-order valence-electron chi connectivity index (χ1n) is 7.39. The topological polar surface area (TPSA) is 31.4 Å². The van der Waals surface area contributed by atoms with Crippen LogP contribution in [0, 0.1) is 6.42 Å². The van der Waals surface area contributed by atoms with Crippen LogP contribution in [0.1, 0.15) is 6.42 Å². The Morgan fingerprint density at radius 2 is 1.73 bits per heavy atom. The second-order valence-corrected chi connectivity index (χ2v) is 4.88. The van der Waals surface area contributed by atoms with Crippen LogP contribution in [0.5, 0.6) is 11.6 Å². The van der Waals surface area contributed by atoms with Gasteiger partial charge < -0.3 is 9.47 Å². The average molecular weight is 292 g/mol. The summed E-state index contributed by atoms with van der Waals surface area (Å²) in [5.41, 5.74) is 0. The third kappa shape index (κ3) is 3.76. The Labute approximate surface area is 130 Å². The van der Waals surface area contributed by atoms with Gasteiger partial charge in [0.05, 0.1) is 13.2 Å². The standard InChI is InChI=1S/C19H18NO2/c1-2-10-17-16(8-1)9-7-11-18(17)21-14-5-6-15-22-19-12-3-4-13-20-19/h1-4,6-13H,5,14-15H2. The van der Waals surface area contributed by atoms with Gasteiger partial charge in [0.1, 0.15) is 5.75 Å². The second kappa shape index (κ2) is 7.46. The molecule has 0 N–H and O–H groups in total. The van der Waals surface area contributed by atoms with Crippen molar-refractivity contribution in [2.24, 2.45) is 0 Å². The third-order valence-electron chi connectivity index (χ3n) is 3.32. The normalized spacial score (nSPS) is 10.5. The molecule has 3 heteroatoms. The number of benzene rings is 2. The molecule has 111 valence electrons. The minimum absolute atomic E-state index is 0.538. The van der Waals surface area contributed by atoms with E-state index >= 15 is 0 Å². The molecule has 0 fully saturated rings. The van der Waals surface area contributed by atoms with Crippen molar-refractivity contribution < 1.29 is 9.47 Å². The molecule has 2 aromatic carbocycles. The first-order valence-corrected chi connectivity index (χ1v) is 7.39.